The van der Waals surface area contributed by atoms with Gasteiger partial charge in [0.15, 0.2) is 0 Å². The minimum Gasteiger partial charge on any atom is -0.488 e. The van der Waals surface area contributed by atoms with Crippen LogP contribution in [-0.2, 0) is 11.2 Å². The van der Waals surface area contributed by atoms with Crippen molar-refractivity contribution in [2.45, 2.75) is 41.8 Å². The number of benzene rings is 2. The van der Waals surface area contributed by atoms with E-state index in [-0.39, 0.29) is 12.0 Å². The summed E-state index contributed by atoms with van der Waals surface area (Å²) in [4.78, 5) is 13.8. The van der Waals surface area contributed by atoms with Crippen molar-refractivity contribution in [3.63, 3.8) is 0 Å². The van der Waals surface area contributed by atoms with Gasteiger partial charge in [0, 0.05) is 9.79 Å². The van der Waals surface area contributed by atoms with Gasteiger partial charge < -0.3 is 15.2 Å². The van der Waals surface area contributed by atoms with Gasteiger partial charge in [-0.3, -0.25) is 4.79 Å². The molecule has 2 N–H and O–H groups in total. The lowest BCUT2D eigenvalue weighted by Gasteiger charge is -2.27. The maximum Gasteiger partial charge on any atom is 0.248 e. The summed E-state index contributed by atoms with van der Waals surface area (Å²) >= 11 is 1.70. The van der Waals surface area contributed by atoms with Crippen LogP contribution in [0.5, 0.6) is 5.75 Å². The van der Waals surface area contributed by atoms with Gasteiger partial charge in [0.2, 0.25) is 5.91 Å². The molecule has 1 aliphatic rings. The number of hydrogen-bond donors (Lipinski definition) is 2. The molecule has 4 nitrogen and oxygen atoms in total. The maximum atomic E-state index is 11.5. The standard InChI is InChI=1S/C19H21NO3S/c1-13(21)19(22)20-12-15-9-7-14-8-10-17(11-18(14)23-15)24-16-5-3-2-4-6-16/h2-6,8,10-11,13,15,21H,7,9,12H2,1H3,(H,20,22)/t13?,15-/m1/s1. The molecule has 0 saturated carbocycles. The van der Waals surface area contributed by atoms with E-state index in [1.54, 1.807) is 11.8 Å². The molecule has 0 aromatic heterocycles. The number of hydrogen-bond acceptors (Lipinski definition) is 4. The van der Waals surface area contributed by atoms with Crippen LogP contribution in [0.3, 0.4) is 0 Å². The zero-order valence-electron chi connectivity index (χ0n) is 13.6. The molecule has 1 unspecified atom stereocenters. The fraction of sp³-hybridized carbons (Fsp3) is 0.316. The summed E-state index contributed by atoms with van der Waals surface area (Å²) in [5.74, 6) is 0.524. The van der Waals surface area contributed by atoms with Gasteiger partial charge in [-0.2, -0.15) is 0 Å². The summed E-state index contributed by atoms with van der Waals surface area (Å²) < 4.78 is 6.03. The SMILES string of the molecule is CC(O)C(=O)NC[C@H]1CCc2ccc(Sc3ccccc3)cc2O1. The minimum atomic E-state index is -0.991. The van der Waals surface area contributed by atoms with Crippen LogP contribution in [0.2, 0.25) is 0 Å². The maximum absolute atomic E-state index is 11.5. The molecule has 3 rings (SSSR count). The first-order chi connectivity index (χ1) is 11.6. The van der Waals surface area contributed by atoms with Gasteiger partial charge in [-0.15, -0.1) is 0 Å². The number of aryl methyl sites for hydroxylation is 1. The van der Waals surface area contributed by atoms with E-state index in [4.69, 9.17) is 4.74 Å². The van der Waals surface area contributed by atoms with E-state index in [1.807, 2.05) is 18.2 Å². The molecule has 0 fully saturated rings. The van der Waals surface area contributed by atoms with E-state index in [1.165, 1.54) is 17.4 Å². The molecular weight excluding hydrogens is 322 g/mol. The Kier molecular flexibility index (Phi) is 5.43. The molecule has 0 saturated heterocycles. The Bertz CT molecular complexity index is 703. The second kappa shape index (κ2) is 7.73. The molecule has 1 aliphatic heterocycles. The van der Waals surface area contributed by atoms with Gasteiger partial charge in [0.1, 0.15) is 18.0 Å². The van der Waals surface area contributed by atoms with E-state index < -0.39 is 6.10 Å². The first kappa shape index (κ1) is 16.9. The number of ether oxygens (including phenoxy) is 1. The lowest BCUT2D eigenvalue weighted by molar-refractivity contribution is -0.128. The van der Waals surface area contributed by atoms with E-state index in [0.29, 0.717) is 6.54 Å². The van der Waals surface area contributed by atoms with Crippen molar-refractivity contribution in [3.05, 3.63) is 54.1 Å². The van der Waals surface area contributed by atoms with Gasteiger partial charge in [-0.25, -0.2) is 0 Å². The monoisotopic (exact) mass is 343 g/mol. The summed E-state index contributed by atoms with van der Waals surface area (Å²) in [5.41, 5.74) is 1.20. The fourth-order valence-electron chi connectivity index (χ4n) is 2.60. The molecule has 5 heteroatoms. The molecule has 0 radical (unpaired) electrons. The lowest BCUT2D eigenvalue weighted by Crippen LogP contribution is -2.40. The molecule has 0 bridgehead atoms. The van der Waals surface area contributed by atoms with Crippen LogP contribution >= 0.6 is 11.8 Å². The van der Waals surface area contributed by atoms with Crippen molar-refractivity contribution in [3.8, 4) is 5.75 Å². The first-order valence-corrected chi connectivity index (χ1v) is 8.92. The molecule has 0 aliphatic carbocycles. The predicted molar refractivity (Wildman–Crippen MR) is 94.4 cm³/mol. The molecule has 2 aromatic rings. The highest BCUT2D eigenvalue weighted by molar-refractivity contribution is 7.99. The Hall–Kier alpha value is -1.98. The molecule has 2 atom stereocenters. The Balaban J connectivity index is 1.64. The van der Waals surface area contributed by atoms with Gasteiger partial charge in [0.25, 0.3) is 0 Å². The summed E-state index contributed by atoms with van der Waals surface area (Å²) in [6.07, 6.45) is 0.742. The Morgan fingerprint density at radius 3 is 2.83 bits per heavy atom. The van der Waals surface area contributed by atoms with Crippen molar-refractivity contribution in [1.82, 2.24) is 5.32 Å². The zero-order chi connectivity index (χ0) is 16.9. The van der Waals surface area contributed by atoms with Gasteiger partial charge in [0.05, 0.1) is 6.54 Å². The Labute approximate surface area is 146 Å². The largest absolute Gasteiger partial charge is 0.488 e. The molecule has 0 spiro atoms. The number of rotatable bonds is 5. The molecule has 2 aromatic carbocycles. The number of aliphatic hydroxyl groups excluding tert-OH is 1. The fourth-order valence-corrected chi connectivity index (χ4v) is 3.47. The van der Waals surface area contributed by atoms with Crippen molar-refractivity contribution < 1.29 is 14.6 Å². The third-order valence-corrected chi connectivity index (χ3v) is 4.93. The second-order valence-electron chi connectivity index (χ2n) is 5.88. The molecule has 126 valence electrons. The Morgan fingerprint density at radius 1 is 1.29 bits per heavy atom. The molecule has 24 heavy (non-hydrogen) atoms. The van der Waals surface area contributed by atoms with E-state index in [2.05, 4.69) is 35.6 Å². The van der Waals surface area contributed by atoms with Crippen molar-refractivity contribution in [2.75, 3.05) is 6.54 Å². The van der Waals surface area contributed by atoms with Crippen LogP contribution in [0.4, 0.5) is 0 Å². The average Bonchev–Trinajstić information content (AvgIpc) is 2.60. The first-order valence-electron chi connectivity index (χ1n) is 8.10. The summed E-state index contributed by atoms with van der Waals surface area (Å²) in [6.45, 7) is 1.87. The normalized spacial score (nSPS) is 17.5. The average molecular weight is 343 g/mol. The van der Waals surface area contributed by atoms with Crippen LogP contribution < -0.4 is 10.1 Å². The highest BCUT2D eigenvalue weighted by Crippen LogP contribution is 2.34. The summed E-state index contributed by atoms with van der Waals surface area (Å²) in [7, 11) is 0. The number of aliphatic hydroxyl groups is 1. The third-order valence-electron chi connectivity index (χ3n) is 3.93. The smallest absolute Gasteiger partial charge is 0.248 e. The second-order valence-corrected chi connectivity index (χ2v) is 7.03. The number of amides is 1. The van der Waals surface area contributed by atoms with Crippen LogP contribution in [0.15, 0.2) is 58.3 Å². The highest BCUT2D eigenvalue weighted by Gasteiger charge is 2.21. The van der Waals surface area contributed by atoms with Crippen LogP contribution in [0, 0.1) is 0 Å². The predicted octanol–water partition coefficient (Wildman–Crippen LogP) is 3.03. The van der Waals surface area contributed by atoms with Crippen molar-refractivity contribution >= 4 is 17.7 Å². The van der Waals surface area contributed by atoms with Gasteiger partial charge in [-0.1, -0.05) is 36.0 Å². The number of carbonyl (C=O) groups excluding carboxylic acids is 1. The molecule has 1 amide bonds. The van der Waals surface area contributed by atoms with E-state index in [9.17, 15) is 9.90 Å². The highest BCUT2D eigenvalue weighted by atomic mass is 32.2. The van der Waals surface area contributed by atoms with Crippen molar-refractivity contribution in [2.24, 2.45) is 0 Å². The third kappa shape index (κ3) is 4.30. The van der Waals surface area contributed by atoms with Crippen molar-refractivity contribution in [1.29, 1.82) is 0 Å². The van der Waals surface area contributed by atoms with Gasteiger partial charge in [-0.05, 0) is 49.6 Å². The van der Waals surface area contributed by atoms with E-state index >= 15 is 0 Å². The van der Waals surface area contributed by atoms with Crippen LogP contribution in [0.25, 0.3) is 0 Å². The number of carbonyl (C=O) groups is 1. The van der Waals surface area contributed by atoms with Crippen LogP contribution in [-0.4, -0.2) is 29.8 Å². The molecular formula is C19H21NO3S. The molecule has 1 heterocycles. The summed E-state index contributed by atoms with van der Waals surface area (Å²) in [6, 6.07) is 16.5. The number of fused-ring (bicyclic) bond motifs is 1. The lowest BCUT2D eigenvalue weighted by atomic mass is 10.0. The van der Waals surface area contributed by atoms with Crippen LogP contribution in [0.1, 0.15) is 18.9 Å². The topological polar surface area (TPSA) is 58.6 Å². The quantitative estimate of drug-likeness (QED) is 0.876. The summed E-state index contributed by atoms with van der Waals surface area (Å²) in [5, 5.41) is 11.9. The van der Waals surface area contributed by atoms with E-state index in [0.717, 1.165) is 23.5 Å². The number of nitrogens with one attached hydrogen (secondary N) is 1. The Morgan fingerprint density at radius 2 is 2.08 bits per heavy atom. The van der Waals surface area contributed by atoms with Gasteiger partial charge >= 0.3 is 0 Å². The zero-order valence-corrected chi connectivity index (χ0v) is 14.4. The minimum absolute atomic E-state index is 0.0582.